The fourth-order valence-corrected chi connectivity index (χ4v) is 2.55. The molecule has 0 spiro atoms. The Kier molecular flexibility index (Phi) is 3.62. The lowest BCUT2D eigenvalue weighted by Gasteiger charge is -2.15. The summed E-state index contributed by atoms with van der Waals surface area (Å²) in [6.45, 7) is 1.69. The van der Waals surface area contributed by atoms with Crippen molar-refractivity contribution in [3.05, 3.63) is 76.2 Å². The number of benzene rings is 2. The molecule has 0 amide bonds. The Morgan fingerprint density at radius 1 is 1.19 bits per heavy atom. The van der Waals surface area contributed by atoms with Gasteiger partial charge in [-0.1, -0.05) is 29.8 Å². The average Bonchev–Trinajstić information content (AvgIpc) is 2.50. The highest BCUT2D eigenvalue weighted by Gasteiger charge is 2.16. The largest absolute Gasteiger partial charge is 0.384 e. The highest BCUT2D eigenvalue weighted by molar-refractivity contribution is 6.35. The van der Waals surface area contributed by atoms with Crippen LogP contribution in [0.4, 0.5) is 4.39 Å². The number of hydrogen-bond donors (Lipinski definition) is 1. The zero-order valence-electron chi connectivity index (χ0n) is 11.3. The topological polar surface area (TPSA) is 33.1 Å². The Hall–Kier alpha value is -1.97. The monoisotopic (exact) mass is 301 g/mol. The van der Waals surface area contributed by atoms with Crippen molar-refractivity contribution in [1.29, 1.82) is 0 Å². The van der Waals surface area contributed by atoms with Gasteiger partial charge in [-0.2, -0.15) is 0 Å². The maximum Gasteiger partial charge on any atom is 0.126 e. The molecule has 0 fully saturated rings. The summed E-state index contributed by atoms with van der Waals surface area (Å²) >= 11 is 6.14. The Morgan fingerprint density at radius 2 is 2.00 bits per heavy atom. The summed E-state index contributed by atoms with van der Waals surface area (Å²) in [6.07, 6.45) is 0.694. The van der Waals surface area contributed by atoms with Crippen molar-refractivity contribution >= 4 is 22.5 Å². The molecule has 1 N–H and O–H groups in total. The molecule has 1 aromatic heterocycles. The summed E-state index contributed by atoms with van der Waals surface area (Å²) in [5.74, 6) is -0.335. The van der Waals surface area contributed by atoms with Gasteiger partial charge in [-0.15, -0.1) is 0 Å². The van der Waals surface area contributed by atoms with Gasteiger partial charge in [0.05, 0.1) is 5.52 Å². The van der Waals surface area contributed by atoms with Crippen LogP contribution in [0.5, 0.6) is 0 Å². The fourth-order valence-electron chi connectivity index (χ4n) is 2.34. The first-order chi connectivity index (χ1) is 10.1. The Bertz CT molecular complexity index is 819. The molecule has 2 aromatic carbocycles. The van der Waals surface area contributed by atoms with Crippen molar-refractivity contribution in [2.24, 2.45) is 0 Å². The molecule has 0 bridgehead atoms. The van der Waals surface area contributed by atoms with Gasteiger partial charge >= 0.3 is 0 Å². The molecular weight excluding hydrogens is 289 g/mol. The van der Waals surface area contributed by atoms with Gasteiger partial charge in [0, 0.05) is 22.2 Å². The third-order valence-corrected chi connectivity index (χ3v) is 3.88. The highest BCUT2D eigenvalue weighted by atomic mass is 35.5. The van der Waals surface area contributed by atoms with Crippen molar-refractivity contribution in [2.45, 2.75) is 13.0 Å². The molecule has 1 atom stereocenters. The van der Waals surface area contributed by atoms with Crippen LogP contribution in [0.3, 0.4) is 0 Å². The predicted molar refractivity (Wildman–Crippen MR) is 82.0 cm³/mol. The van der Waals surface area contributed by atoms with Crippen molar-refractivity contribution in [2.75, 3.05) is 0 Å². The minimum absolute atomic E-state index is 0.335. The maximum absolute atomic E-state index is 13.7. The van der Waals surface area contributed by atoms with Gasteiger partial charge in [-0.05, 0) is 42.3 Å². The number of nitrogens with zero attached hydrogens (tertiary/aromatic N) is 1. The van der Waals surface area contributed by atoms with Gasteiger partial charge < -0.3 is 5.11 Å². The molecule has 0 saturated heterocycles. The number of fused-ring (bicyclic) bond motifs is 1. The third kappa shape index (κ3) is 2.50. The molecule has 21 heavy (non-hydrogen) atoms. The molecule has 0 saturated carbocycles. The van der Waals surface area contributed by atoms with Crippen molar-refractivity contribution in [3.63, 3.8) is 0 Å². The van der Waals surface area contributed by atoms with E-state index in [-0.39, 0.29) is 5.82 Å². The fraction of sp³-hybridized carbons (Fsp3) is 0.118. The summed E-state index contributed by atoms with van der Waals surface area (Å²) in [5, 5.41) is 11.9. The van der Waals surface area contributed by atoms with E-state index in [4.69, 9.17) is 11.6 Å². The van der Waals surface area contributed by atoms with Gasteiger partial charge in [-0.3, -0.25) is 4.98 Å². The standard InChI is InChI=1S/C17H13ClFNO/c1-10-4-5-11(9-15(10)19)17(21)13-6-7-14(18)12-3-2-8-20-16(12)13/h2-9,17,21H,1H3. The van der Waals surface area contributed by atoms with Crippen LogP contribution in [0.1, 0.15) is 22.8 Å². The molecule has 0 aliphatic heterocycles. The molecule has 0 aliphatic carbocycles. The molecule has 106 valence electrons. The smallest absolute Gasteiger partial charge is 0.126 e. The second kappa shape index (κ2) is 5.43. The first-order valence-electron chi connectivity index (χ1n) is 6.55. The number of pyridine rings is 1. The average molecular weight is 302 g/mol. The normalized spacial score (nSPS) is 12.6. The Balaban J connectivity index is 2.15. The first kappa shape index (κ1) is 14.0. The highest BCUT2D eigenvalue weighted by Crippen LogP contribution is 2.31. The molecule has 3 aromatic rings. The van der Waals surface area contributed by atoms with E-state index in [1.165, 1.54) is 6.07 Å². The number of hydrogen-bond acceptors (Lipinski definition) is 2. The van der Waals surface area contributed by atoms with Crippen LogP contribution < -0.4 is 0 Å². The third-order valence-electron chi connectivity index (χ3n) is 3.55. The van der Waals surface area contributed by atoms with Gasteiger partial charge in [0.2, 0.25) is 0 Å². The lowest BCUT2D eigenvalue weighted by molar-refractivity contribution is 0.221. The molecule has 1 unspecified atom stereocenters. The second-order valence-corrected chi connectivity index (χ2v) is 5.35. The van der Waals surface area contributed by atoms with Crippen LogP contribution in [0, 0.1) is 12.7 Å². The number of rotatable bonds is 2. The van der Waals surface area contributed by atoms with E-state index in [1.807, 2.05) is 6.07 Å². The van der Waals surface area contributed by atoms with E-state index in [0.717, 1.165) is 5.39 Å². The Morgan fingerprint density at radius 3 is 2.76 bits per heavy atom. The quantitative estimate of drug-likeness (QED) is 0.760. The SMILES string of the molecule is Cc1ccc(C(O)c2ccc(Cl)c3cccnc23)cc1F. The molecule has 0 radical (unpaired) electrons. The number of aliphatic hydroxyl groups is 1. The molecule has 4 heteroatoms. The van der Waals surface area contributed by atoms with Crippen LogP contribution in [-0.4, -0.2) is 10.1 Å². The molecule has 0 aliphatic rings. The van der Waals surface area contributed by atoms with Crippen LogP contribution >= 0.6 is 11.6 Å². The van der Waals surface area contributed by atoms with Crippen LogP contribution in [0.15, 0.2) is 48.7 Å². The van der Waals surface area contributed by atoms with E-state index in [0.29, 0.717) is 27.2 Å². The zero-order chi connectivity index (χ0) is 15.0. The summed E-state index contributed by atoms with van der Waals surface area (Å²) in [6, 6.07) is 11.8. The lowest BCUT2D eigenvalue weighted by Crippen LogP contribution is -2.02. The molecule has 3 rings (SSSR count). The van der Waals surface area contributed by atoms with E-state index in [1.54, 1.807) is 43.5 Å². The zero-order valence-corrected chi connectivity index (χ0v) is 12.1. The summed E-state index contributed by atoms with van der Waals surface area (Å²) in [7, 11) is 0. The number of aromatic nitrogens is 1. The predicted octanol–water partition coefficient (Wildman–Crippen LogP) is 4.42. The lowest BCUT2D eigenvalue weighted by atomic mass is 9.98. The second-order valence-electron chi connectivity index (χ2n) is 4.95. The van der Waals surface area contributed by atoms with Crippen molar-refractivity contribution in [3.8, 4) is 0 Å². The van der Waals surface area contributed by atoms with Crippen LogP contribution in [0.2, 0.25) is 5.02 Å². The Labute approximate surface area is 126 Å². The molecule has 2 nitrogen and oxygen atoms in total. The molecular formula is C17H13ClFNO. The minimum Gasteiger partial charge on any atom is -0.384 e. The van der Waals surface area contributed by atoms with E-state index < -0.39 is 6.10 Å². The van der Waals surface area contributed by atoms with Gasteiger partial charge in [0.15, 0.2) is 0 Å². The van der Waals surface area contributed by atoms with Crippen molar-refractivity contribution in [1.82, 2.24) is 4.98 Å². The summed E-state index contributed by atoms with van der Waals surface area (Å²) in [4.78, 5) is 4.29. The summed E-state index contributed by atoms with van der Waals surface area (Å²) < 4.78 is 13.7. The van der Waals surface area contributed by atoms with E-state index >= 15 is 0 Å². The van der Waals surface area contributed by atoms with Gasteiger partial charge in [-0.25, -0.2) is 4.39 Å². The number of aryl methyl sites for hydroxylation is 1. The van der Waals surface area contributed by atoms with Gasteiger partial charge in [0.1, 0.15) is 11.9 Å². The van der Waals surface area contributed by atoms with Crippen LogP contribution in [0.25, 0.3) is 10.9 Å². The summed E-state index contributed by atoms with van der Waals surface area (Å²) in [5.41, 5.74) is 2.27. The minimum atomic E-state index is -0.949. The van der Waals surface area contributed by atoms with E-state index in [2.05, 4.69) is 4.98 Å². The maximum atomic E-state index is 13.7. The van der Waals surface area contributed by atoms with E-state index in [9.17, 15) is 9.50 Å². The number of halogens is 2. The first-order valence-corrected chi connectivity index (χ1v) is 6.93. The number of aliphatic hydroxyl groups excluding tert-OH is 1. The van der Waals surface area contributed by atoms with Crippen LogP contribution in [-0.2, 0) is 0 Å². The van der Waals surface area contributed by atoms with Crippen molar-refractivity contribution < 1.29 is 9.50 Å². The van der Waals surface area contributed by atoms with Gasteiger partial charge in [0.25, 0.3) is 0 Å². The molecule has 1 heterocycles.